The van der Waals surface area contributed by atoms with Gasteiger partial charge in [-0.2, -0.15) is 5.10 Å². The first kappa shape index (κ1) is 18.9. The van der Waals surface area contributed by atoms with E-state index in [0.717, 1.165) is 24.0 Å². The monoisotopic (exact) mass is 338 g/mol. The fraction of sp³-hybridized carbons (Fsp3) is 0.333. The van der Waals surface area contributed by atoms with Crippen molar-refractivity contribution in [1.82, 2.24) is 5.43 Å². The van der Waals surface area contributed by atoms with Crippen molar-refractivity contribution in [3.8, 4) is 0 Å². The number of amides is 1. The van der Waals surface area contributed by atoms with E-state index in [1.807, 2.05) is 74.5 Å². The van der Waals surface area contributed by atoms with Crippen molar-refractivity contribution in [2.45, 2.75) is 45.1 Å². The summed E-state index contributed by atoms with van der Waals surface area (Å²) in [5.41, 5.74) is 3.70. The summed E-state index contributed by atoms with van der Waals surface area (Å²) in [6, 6.07) is 19.4. The molecule has 0 aliphatic carbocycles. The third-order valence-corrected chi connectivity index (χ3v) is 4.11. The van der Waals surface area contributed by atoms with E-state index in [9.17, 15) is 9.90 Å². The molecule has 0 unspecified atom stereocenters. The zero-order valence-electron chi connectivity index (χ0n) is 14.9. The van der Waals surface area contributed by atoms with Gasteiger partial charge in [0, 0.05) is 11.1 Å². The van der Waals surface area contributed by atoms with Crippen LogP contribution in [0.25, 0.3) is 0 Å². The van der Waals surface area contributed by atoms with Crippen LogP contribution >= 0.6 is 0 Å². The van der Waals surface area contributed by atoms with Crippen LogP contribution in [0.3, 0.4) is 0 Å². The van der Waals surface area contributed by atoms with Crippen LogP contribution in [0.4, 0.5) is 0 Å². The second-order valence-corrected chi connectivity index (χ2v) is 6.16. The Bertz CT molecular complexity index is 649. The van der Waals surface area contributed by atoms with Crippen molar-refractivity contribution >= 4 is 11.6 Å². The molecule has 0 saturated heterocycles. The summed E-state index contributed by atoms with van der Waals surface area (Å²) in [5, 5.41) is 15.0. The Morgan fingerprint density at radius 2 is 1.36 bits per heavy atom. The highest BCUT2D eigenvalue weighted by Crippen LogP contribution is 2.20. The number of hydrogen-bond donors (Lipinski definition) is 2. The van der Waals surface area contributed by atoms with Crippen molar-refractivity contribution in [2.24, 2.45) is 5.10 Å². The first-order chi connectivity index (χ1) is 12.1. The zero-order valence-corrected chi connectivity index (χ0v) is 14.9. The maximum absolute atomic E-state index is 12.5. The fourth-order valence-electron chi connectivity index (χ4n) is 2.88. The molecule has 0 fully saturated rings. The Morgan fingerprint density at radius 3 is 1.76 bits per heavy atom. The van der Waals surface area contributed by atoms with Gasteiger partial charge in [-0.15, -0.1) is 0 Å². The topological polar surface area (TPSA) is 61.7 Å². The van der Waals surface area contributed by atoms with Gasteiger partial charge in [0.2, 0.25) is 0 Å². The van der Waals surface area contributed by atoms with Gasteiger partial charge in [-0.25, -0.2) is 5.43 Å². The summed E-state index contributed by atoms with van der Waals surface area (Å²) in [4.78, 5) is 12.5. The molecular formula is C21H26N2O2. The maximum atomic E-state index is 12.5. The molecule has 4 nitrogen and oxygen atoms in total. The lowest BCUT2D eigenvalue weighted by atomic mass is 9.92. The third-order valence-electron chi connectivity index (χ3n) is 4.11. The number of rotatable bonds is 8. The quantitative estimate of drug-likeness (QED) is 0.567. The van der Waals surface area contributed by atoms with Gasteiger partial charge in [-0.3, -0.25) is 4.79 Å². The molecule has 2 N–H and O–H groups in total. The highest BCUT2D eigenvalue weighted by molar-refractivity contribution is 6.13. The molecule has 0 bridgehead atoms. The van der Waals surface area contributed by atoms with Gasteiger partial charge >= 0.3 is 0 Å². The van der Waals surface area contributed by atoms with E-state index in [1.165, 1.54) is 0 Å². The van der Waals surface area contributed by atoms with Gasteiger partial charge in [-0.05, 0) is 12.8 Å². The molecule has 0 saturated carbocycles. The molecular weight excluding hydrogens is 312 g/mol. The predicted molar refractivity (Wildman–Crippen MR) is 101 cm³/mol. The SMILES string of the molecule is CCCC(O)(CCC)C(=O)NN=C(c1ccccc1)c1ccccc1. The van der Waals surface area contributed by atoms with Crippen LogP contribution in [0.15, 0.2) is 65.8 Å². The number of carbonyl (C=O) groups excluding carboxylic acids is 1. The van der Waals surface area contributed by atoms with Crippen LogP contribution < -0.4 is 5.43 Å². The Balaban J connectivity index is 2.30. The van der Waals surface area contributed by atoms with Gasteiger partial charge in [0.25, 0.3) is 5.91 Å². The molecule has 0 heterocycles. The zero-order chi connectivity index (χ0) is 18.1. The Morgan fingerprint density at radius 1 is 0.920 bits per heavy atom. The lowest BCUT2D eigenvalue weighted by Crippen LogP contribution is -2.45. The van der Waals surface area contributed by atoms with Crippen LogP contribution in [-0.4, -0.2) is 22.3 Å². The lowest BCUT2D eigenvalue weighted by molar-refractivity contribution is -0.141. The van der Waals surface area contributed by atoms with Gasteiger partial charge in [0.1, 0.15) is 5.60 Å². The Kier molecular flexibility index (Phi) is 6.90. The fourth-order valence-corrected chi connectivity index (χ4v) is 2.88. The smallest absolute Gasteiger partial charge is 0.272 e. The van der Waals surface area contributed by atoms with Crippen LogP contribution in [0.1, 0.15) is 50.7 Å². The first-order valence-electron chi connectivity index (χ1n) is 8.82. The summed E-state index contributed by atoms with van der Waals surface area (Å²) < 4.78 is 0. The highest BCUT2D eigenvalue weighted by Gasteiger charge is 2.33. The molecule has 0 spiro atoms. The third kappa shape index (κ3) is 5.00. The summed E-state index contributed by atoms with van der Waals surface area (Å²) in [5.74, 6) is -0.444. The van der Waals surface area contributed by atoms with Crippen molar-refractivity contribution in [1.29, 1.82) is 0 Å². The molecule has 2 rings (SSSR count). The molecule has 2 aromatic carbocycles. The molecule has 25 heavy (non-hydrogen) atoms. The van der Waals surface area contributed by atoms with Gasteiger partial charge in [0.15, 0.2) is 0 Å². The number of nitrogens with one attached hydrogen (secondary N) is 1. The van der Waals surface area contributed by atoms with Crippen LogP contribution in [0.5, 0.6) is 0 Å². The Labute approximate surface area is 149 Å². The molecule has 4 heteroatoms. The van der Waals surface area contributed by atoms with Crippen molar-refractivity contribution in [2.75, 3.05) is 0 Å². The average molecular weight is 338 g/mol. The molecule has 132 valence electrons. The molecule has 0 aliphatic rings. The number of hydrazone groups is 1. The molecule has 1 amide bonds. The van der Waals surface area contributed by atoms with E-state index in [1.54, 1.807) is 0 Å². The second kappa shape index (κ2) is 9.14. The largest absolute Gasteiger partial charge is 0.380 e. The van der Waals surface area contributed by atoms with Gasteiger partial charge < -0.3 is 5.11 Å². The molecule has 0 aromatic heterocycles. The van der Waals surface area contributed by atoms with Crippen molar-refractivity contribution in [3.63, 3.8) is 0 Å². The molecule has 2 aromatic rings. The molecule has 0 atom stereocenters. The van der Waals surface area contributed by atoms with E-state index in [4.69, 9.17) is 0 Å². The highest BCUT2D eigenvalue weighted by atomic mass is 16.3. The number of carbonyl (C=O) groups is 1. The summed E-state index contributed by atoms with van der Waals surface area (Å²) >= 11 is 0. The normalized spacial score (nSPS) is 11.0. The van der Waals surface area contributed by atoms with Crippen molar-refractivity contribution in [3.05, 3.63) is 71.8 Å². The van der Waals surface area contributed by atoms with E-state index >= 15 is 0 Å². The van der Waals surface area contributed by atoms with E-state index < -0.39 is 11.5 Å². The second-order valence-electron chi connectivity index (χ2n) is 6.16. The van der Waals surface area contributed by atoms with Crippen LogP contribution in [-0.2, 0) is 4.79 Å². The standard InChI is InChI=1S/C21H26N2O2/c1-3-15-21(25,16-4-2)20(24)23-22-19(17-11-7-5-8-12-17)18-13-9-6-10-14-18/h5-14,25H,3-4,15-16H2,1-2H3,(H,23,24). The lowest BCUT2D eigenvalue weighted by Gasteiger charge is -2.25. The van der Waals surface area contributed by atoms with E-state index in [0.29, 0.717) is 18.6 Å². The van der Waals surface area contributed by atoms with Crippen LogP contribution in [0, 0.1) is 0 Å². The average Bonchev–Trinajstić information content (AvgIpc) is 2.64. The minimum absolute atomic E-state index is 0.425. The number of benzene rings is 2. The maximum Gasteiger partial charge on any atom is 0.272 e. The van der Waals surface area contributed by atoms with E-state index in [2.05, 4.69) is 10.5 Å². The van der Waals surface area contributed by atoms with Gasteiger partial charge in [-0.1, -0.05) is 87.4 Å². The number of hydrogen-bond acceptors (Lipinski definition) is 3. The van der Waals surface area contributed by atoms with Crippen molar-refractivity contribution < 1.29 is 9.90 Å². The minimum Gasteiger partial charge on any atom is -0.380 e. The first-order valence-corrected chi connectivity index (χ1v) is 8.82. The number of nitrogens with zero attached hydrogens (tertiary/aromatic N) is 1. The summed E-state index contributed by atoms with van der Waals surface area (Å²) in [6.45, 7) is 3.91. The minimum atomic E-state index is -1.37. The summed E-state index contributed by atoms with van der Waals surface area (Å²) in [7, 11) is 0. The molecule has 0 aliphatic heterocycles. The Hall–Kier alpha value is -2.46. The predicted octanol–water partition coefficient (Wildman–Crippen LogP) is 3.89. The number of aliphatic hydroxyl groups is 1. The van der Waals surface area contributed by atoms with Crippen LogP contribution in [0.2, 0.25) is 0 Å². The summed E-state index contributed by atoms with van der Waals surface area (Å²) in [6.07, 6.45) is 2.32. The van der Waals surface area contributed by atoms with Gasteiger partial charge in [0.05, 0.1) is 5.71 Å². The molecule has 0 radical (unpaired) electrons. The van der Waals surface area contributed by atoms with E-state index in [-0.39, 0.29) is 0 Å².